The number of nitrogens with one attached hydrogen (secondary N) is 3. The molecule has 6 N–H and O–H groups in total. The summed E-state index contributed by atoms with van der Waals surface area (Å²) < 4.78 is 18.3. The fraction of sp³-hybridized carbons (Fsp3) is 0.333. The maximum absolute atomic E-state index is 12.8. The number of aliphatic carboxylic acids is 1. The third-order valence-electron chi connectivity index (χ3n) is 2.37. The van der Waals surface area contributed by atoms with E-state index in [-0.39, 0.29) is 5.96 Å². The lowest BCUT2D eigenvalue weighted by atomic mass is 10.3. The van der Waals surface area contributed by atoms with Gasteiger partial charge < -0.3 is 20.7 Å². The Bertz CT molecular complexity index is 557. The predicted molar refractivity (Wildman–Crippen MR) is 87.3 cm³/mol. The van der Waals surface area contributed by atoms with Crippen LogP contribution in [-0.4, -0.2) is 35.4 Å². The summed E-state index contributed by atoms with van der Waals surface area (Å²) in [5, 5.41) is 21.1. The van der Waals surface area contributed by atoms with Gasteiger partial charge >= 0.3 is 12.7 Å². The molecule has 8 nitrogen and oxygen atoms in total. The smallest absolute Gasteiger partial charge is 0.375 e. The van der Waals surface area contributed by atoms with Crippen molar-refractivity contribution in [1.29, 1.82) is 5.41 Å². The summed E-state index contributed by atoms with van der Waals surface area (Å²) in [6.07, 6.45) is 0. The molecule has 0 aliphatic carbocycles. The Balaban J connectivity index is 2.73. The Morgan fingerprint density at radius 3 is 2.68 bits per heavy atom. The van der Waals surface area contributed by atoms with Crippen molar-refractivity contribution in [2.75, 3.05) is 12.3 Å². The molecule has 122 valence electrons. The van der Waals surface area contributed by atoms with Crippen molar-refractivity contribution in [3.63, 3.8) is 0 Å². The van der Waals surface area contributed by atoms with E-state index in [1.807, 2.05) is 0 Å². The first-order valence-corrected chi connectivity index (χ1v) is 9.61. The van der Waals surface area contributed by atoms with E-state index >= 15 is 0 Å². The first-order valence-electron chi connectivity index (χ1n) is 6.40. The fourth-order valence-electron chi connectivity index (χ4n) is 1.35. The molecule has 0 heterocycles. The van der Waals surface area contributed by atoms with Crippen molar-refractivity contribution in [2.24, 2.45) is 5.73 Å². The molecule has 0 fully saturated rings. The van der Waals surface area contributed by atoms with E-state index in [1.54, 1.807) is 30.3 Å². The van der Waals surface area contributed by atoms with Crippen LogP contribution in [0.2, 0.25) is 0 Å². The van der Waals surface area contributed by atoms with Crippen molar-refractivity contribution in [2.45, 2.75) is 13.0 Å². The van der Waals surface area contributed by atoms with Gasteiger partial charge in [0.25, 0.3) is 0 Å². The Morgan fingerprint density at radius 2 is 2.14 bits per heavy atom. The zero-order valence-electron chi connectivity index (χ0n) is 12.0. The van der Waals surface area contributed by atoms with Gasteiger partial charge in [-0.25, -0.2) is 9.65 Å². The highest BCUT2D eigenvalue weighted by Gasteiger charge is 2.30. The molecule has 0 aliphatic heterocycles. The molecule has 2 atom stereocenters. The normalized spacial score (nSPS) is 14.6. The summed E-state index contributed by atoms with van der Waals surface area (Å²) in [5.74, 6) is -0.614. The summed E-state index contributed by atoms with van der Waals surface area (Å²) in [6.45, 7) is -1.78. The number of carboxylic acids is 1. The SMILES string of the molecule is C[C@@H](NP(=O)(Oc1ccccc1)SCCNC(=N)N)C(=O)O. The van der Waals surface area contributed by atoms with Crippen molar-refractivity contribution in [3.05, 3.63) is 30.3 Å². The largest absolute Gasteiger partial charge is 0.480 e. The molecule has 0 bridgehead atoms. The van der Waals surface area contributed by atoms with Crippen LogP contribution >= 0.6 is 18.1 Å². The fourth-order valence-corrected chi connectivity index (χ4v) is 5.06. The summed E-state index contributed by atoms with van der Waals surface area (Å²) >= 11 is 0.951. The molecule has 0 aliphatic rings. The van der Waals surface area contributed by atoms with Crippen LogP contribution in [0.1, 0.15) is 6.92 Å². The van der Waals surface area contributed by atoms with Gasteiger partial charge in [0, 0.05) is 12.3 Å². The maximum Gasteiger partial charge on any atom is 0.375 e. The highest BCUT2D eigenvalue weighted by molar-refractivity contribution is 8.56. The molecule has 0 radical (unpaired) electrons. The van der Waals surface area contributed by atoms with E-state index in [4.69, 9.17) is 20.8 Å². The van der Waals surface area contributed by atoms with E-state index in [2.05, 4.69) is 10.4 Å². The second-order valence-corrected chi connectivity index (χ2v) is 8.58. The van der Waals surface area contributed by atoms with Gasteiger partial charge in [0.1, 0.15) is 11.8 Å². The first kappa shape index (κ1) is 18.3. The van der Waals surface area contributed by atoms with Crippen LogP contribution in [0.4, 0.5) is 0 Å². The predicted octanol–water partition coefficient (Wildman–Crippen LogP) is 1.45. The number of rotatable bonds is 9. The van der Waals surface area contributed by atoms with Crippen LogP contribution in [0.25, 0.3) is 0 Å². The van der Waals surface area contributed by atoms with Crippen LogP contribution < -0.4 is 20.7 Å². The molecule has 1 rings (SSSR count). The Morgan fingerprint density at radius 1 is 1.50 bits per heavy atom. The molecular formula is C12H19N4O4PS. The van der Waals surface area contributed by atoms with Gasteiger partial charge in [0.2, 0.25) is 0 Å². The van der Waals surface area contributed by atoms with Gasteiger partial charge in [-0.05, 0) is 30.4 Å². The third-order valence-corrected chi connectivity index (χ3v) is 6.36. The Labute approximate surface area is 132 Å². The van der Waals surface area contributed by atoms with E-state index in [9.17, 15) is 9.36 Å². The minimum absolute atomic E-state index is 0.189. The van der Waals surface area contributed by atoms with Crippen molar-refractivity contribution in [3.8, 4) is 5.75 Å². The average molecular weight is 346 g/mol. The molecule has 1 aromatic carbocycles. The standard InChI is InChI=1S/C12H19N4O4PS/c1-9(11(17)18)16-21(19,22-8-7-15-12(13)14)20-10-5-3-2-4-6-10/h2-6,9H,7-8H2,1H3,(H,16,19)(H,17,18)(H4,13,14,15)/t9-,21?/m1/s1. The molecule has 0 spiro atoms. The van der Waals surface area contributed by atoms with Crippen LogP contribution in [0.15, 0.2) is 30.3 Å². The number of carbonyl (C=O) groups is 1. The molecule has 0 aromatic heterocycles. The summed E-state index contributed by atoms with van der Waals surface area (Å²) in [6, 6.07) is 7.48. The Hall–Kier alpha value is -1.70. The Kier molecular flexibility index (Phi) is 7.23. The minimum atomic E-state index is -3.48. The minimum Gasteiger partial charge on any atom is -0.480 e. The number of hydrogen-bond acceptors (Lipinski definition) is 5. The van der Waals surface area contributed by atoms with Crippen LogP contribution in [0.3, 0.4) is 0 Å². The van der Waals surface area contributed by atoms with Gasteiger partial charge in [-0.15, -0.1) is 0 Å². The van der Waals surface area contributed by atoms with Crippen molar-refractivity contribution in [1.82, 2.24) is 10.4 Å². The van der Waals surface area contributed by atoms with Crippen LogP contribution in [-0.2, 0) is 9.36 Å². The number of nitrogens with two attached hydrogens (primary N) is 1. The quantitative estimate of drug-likeness (QED) is 0.196. The zero-order valence-corrected chi connectivity index (χ0v) is 13.7. The summed E-state index contributed by atoms with van der Waals surface area (Å²) in [5.41, 5.74) is 5.16. The monoisotopic (exact) mass is 346 g/mol. The lowest BCUT2D eigenvalue weighted by Crippen LogP contribution is -2.33. The van der Waals surface area contributed by atoms with E-state index in [0.29, 0.717) is 18.0 Å². The van der Waals surface area contributed by atoms with Gasteiger partial charge in [-0.2, -0.15) is 0 Å². The van der Waals surface area contributed by atoms with E-state index < -0.39 is 18.7 Å². The average Bonchev–Trinajstić information content (AvgIpc) is 2.44. The highest BCUT2D eigenvalue weighted by Crippen LogP contribution is 2.55. The molecule has 0 saturated heterocycles. The van der Waals surface area contributed by atoms with Gasteiger partial charge in [0.15, 0.2) is 5.96 Å². The zero-order chi connectivity index (χ0) is 16.6. The topological polar surface area (TPSA) is 138 Å². The van der Waals surface area contributed by atoms with Gasteiger partial charge in [-0.3, -0.25) is 10.2 Å². The van der Waals surface area contributed by atoms with Crippen molar-refractivity contribution < 1.29 is 19.0 Å². The molecule has 0 amide bonds. The lowest BCUT2D eigenvalue weighted by Gasteiger charge is -2.21. The molecule has 22 heavy (non-hydrogen) atoms. The van der Waals surface area contributed by atoms with Gasteiger partial charge in [-0.1, -0.05) is 18.2 Å². The summed E-state index contributed by atoms with van der Waals surface area (Å²) in [7, 11) is 0. The molecule has 0 saturated carbocycles. The number of guanidine groups is 1. The lowest BCUT2D eigenvalue weighted by molar-refractivity contribution is -0.138. The number of benzene rings is 1. The second kappa shape index (κ2) is 8.67. The molecule has 10 heteroatoms. The second-order valence-electron chi connectivity index (χ2n) is 4.26. The number of hydrogen-bond donors (Lipinski definition) is 5. The van der Waals surface area contributed by atoms with E-state index in [0.717, 1.165) is 11.4 Å². The first-order chi connectivity index (χ1) is 10.3. The van der Waals surface area contributed by atoms with E-state index in [1.165, 1.54) is 6.92 Å². The summed E-state index contributed by atoms with van der Waals surface area (Å²) in [4.78, 5) is 10.9. The molecular weight excluding hydrogens is 327 g/mol. The number of para-hydroxylation sites is 1. The highest BCUT2D eigenvalue weighted by atomic mass is 32.7. The van der Waals surface area contributed by atoms with Crippen molar-refractivity contribution >= 4 is 30.0 Å². The molecule has 1 aromatic rings. The van der Waals surface area contributed by atoms with Crippen LogP contribution in [0, 0.1) is 5.41 Å². The number of carboxylic acid groups (broad SMARTS) is 1. The third kappa shape index (κ3) is 6.84. The molecule has 1 unspecified atom stereocenters. The van der Waals surface area contributed by atoms with Crippen LogP contribution in [0.5, 0.6) is 5.75 Å². The maximum atomic E-state index is 12.8. The van der Waals surface area contributed by atoms with Gasteiger partial charge in [0.05, 0.1) is 0 Å².